The van der Waals surface area contributed by atoms with Crippen LogP contribution in [-0.2, 0) is 0 Å². The minimum Gasteiger partial charge on any atom is -0.506 e. The average Bonchev–Trinajstić information content (AvgIpc) is 2.82. The fourth-order valence-corrected chi connectivity index (χ4v) is 2.55. The van der Waals surface area contributed by atoms with Crippen molar-refractivity contribution in [2.75, 3.05) is 18.5 Å². The third-order valence-electron chi connectivity index (χ3n) is 3.34. The number of fused-ring (bicyclic) bond motifs is 3. The van der Waals surface area contributed by atoms with Gasteiger partial charge in [-0.15, -0.1) is 0 Å². The van der Waals surface area contributed by atoms with E-state index in [1.54, 1.807) is 6.07 Å². The van der Waals surface area contributed by atoms with Gasteiger partial charge >= 0.3 is 0 Å². The minimum atomic E-state index is 0.118. The molecule has 0 radical (unpaired) electrons. The molecule has 0 spiro atoms. The van der Waals surface area contributed by atoms with Crippen molar-refractivity contribution in [1.82, 2.24) is 4.98 Å². The van der Waals surface area contributed by atoms with E-state index in [2.05, 4.69) is 10.3 Å². The van der Waals surface area contributed by atoms with E-state index in [-0.39, 0.29) is 18.3 Å². The summed E-state index contributed by atoms with van der Waals surface area (Å²) in [6.07, 6.45) is 1.89. The van der Waals surface area contributed by atoms with Crippen LogP contribution in [0.15, 0.2) is 12.3 Å². The molecule has 0 aliphatic carbocycles. The normalized spacial score (nSPS) is 18.8. The van der Waals surface area contributed by atoms with Crippen LogP contribution in [0.3, 0.4) is 0 Å². The first kappa shape index (κ1) is 9.54. The van der Waals surface area contributed by atoms with Crippen LogP contribution < -0.4 is 5.32 Å². The molecule has 1 aromatic carbocycles. The van der Waals surface area contributed by atoms with Crippen LogP contribution in [0.4, 0.5) is 5.69 Å². The van der Waals surface area contributed by atoms with Crippen molar-refractivity contribution in [3.63, 3.8) is 0 Å². The van der Waals surface area contributed by atoms with Gasteiger partial charge in [-0.2, -0.15) is 0 Å². The number of benzene rings is 1. The zero-order valence-corrected chi connectivity index (χ0v) is 9.04. The lowest BCUT2D eigenvalue weighted by atomic mass is 9.96. The highest BCUT2D eigenvalue weighted by molar-refractivity contribution is 5.96. The number of nitrogens with one attached hydrogen (secondary N) is 2. The first-order chi connectivity index (χ1) is 7.72. The van der Waals surface area contributed by atoms with Gasteiger partial charge < -0.3 is 20.5 Å². The maximum absolute atomic E-state index is 9.87. The molecule has 1 unspecified atom stereocenters. The number of aryl methyl sites for hydroxylation is 1. The summed E-state index contributed by atoms with van der Waals surface area (Å²) >= 11 is 0. The highest BCUT2D eigenvalue weighted by atomic mass is 16.3. The molecular weight excluding hydrogens is 204 g/mol. The summed E-state index contributed by atoms with van der Waals surface area (Å²) in [6, 6.07) is 1.73. The van der Waals surface area contributed by atoms with E-state index in [1.807, 2.05) is 13.1 Å². The molecule has 0 amide bonds. The molecule has 2 heterocycles. The van der Waals surface area contributed by atoms with E-state index >= 15 is 0 Å². The summed E-state index contributed by atoms with van der Waals surface area (Å²) in [5.74, 6) is 0.375. The molecule has 4 heteroatoms. The van der Waals surface area contributed by atoms with E-state index in [0.717, 1.165) is 34.3 Å². The Hall–Kier alpha value is -1.68. The van der Waals surface area contributed by atoms with Crippen molar-refractivity contribution in [3.05, 3.63) is 23.4 Å². The molecule has 2 aromatic rings. The fraction of sp³-hybridized carbons (Fsp3) is 0.333. The third kappa shape index (κ3) is 1.08. The number of aromatic nitrogens is 1. The molecule has 16 heavy (non-hydrogen) atoms. The Morgan fingerprint density at radius 1 is 1.50 bits per heavy atom. The summed E-state index contributed by atoms with van der Waals surface area (Å²) < 4.78 is 0. The van der Waals surface area contributed by atoms with E-state index in [9.17, 15) is 10.2 Å². The van der Waals surface area contributed by atoms with Crippen molar-refractivity contribution in [2.45, 2.75) is 12.8 Å². The number of hydrogen-bond acceptors (Lipinski definition) is 3. The molecule has 0 saturated carbocycles. The van der Waals surface area contributed by atoms with Crippen molar-refractivity contribution in [2.24, 2.45) is 0 Å². The van der Waals surface area contributed by atoms with E-state index < -0.39 is 0 Å². The van der Waals surface area contributed by atoms with Crippen LogP contribution in [0.5, 0.6) is 5.75 Å². The zero-order chi connectivity index (χ0) is 11.3. The first-order valence-electron chi connectivity index (χ1n) is 5.40. The molecule has 1 aromatic heterocycles. The number of aromatic amines is 1. The standard InChI is InChI=1S/C12H14N2O2/c1-6-3-14-12-9(16)2-8-11(10(6)12)7(5-15)4-13-8/h2-3,7,13-16H,4-5H2,1H3. The summed E-state index contributed by atoms with van der Waals surface area (Å²) in [6.45, 7) is 2.87. The molecule has 4 nitrogen and oxygen atoms in total. The van der Waals surface area contributed by atoms with Crippen molar-refractivity contribution >= 4 is 16.6 Å². The van der Waals surface area contributed by atoms with Crippen LogP contribution in [0.1, 0.15) is 17.0 Å². The molecule has 0 bridgehead atoms. The number of hydrogen-bond donors (Lipinski definition) is 4. The first-order valence-corrected chi connectivity index (χ1v) is 5.40. The molecule has 1 aliphatic heterocycles. The van der Waals surface area contributed by atoms with Crippen LogP contribution in [0.2, 0.25) is 0 Å². The lowest BCUT2D eigenvalue weighted by Gasteiger charge is -2.09. The van der Waals surface area contributed by atoms with Crippen LogP contribution in [0, 0.1) is 6.92 Å². The Bertz CT molecular complexity index is 560. The van der Waals surface area contributed by atoms with Gasteiger partial charge in [-0.1, -0.05) is 0 Å². The Morgan fingerprint density at radius 3 is 3.06 bits per heavy atom. The number of aliphatic hydroxyl groups excluding tert-OH is 1. The van der Waals surface area contributed by atoms with Gasteiger partial charge in [0.15, 0.2) is 0 Å². The second kappa shape index (κ2) is 3.15. The second-order valence-electron chi connectivity index (χ2n) is 4.34. The van der Waals surface area contributed by atoms with Gasteiger partial charge in [0.2, 0.25) is 0 Å². The molecule has 1 atom stereocenters. The van der Waals surface area contributed by atoms with Gasteiger partial charge in [-0.05, 0) is 18.1 Å². The van der Waals surface area contributed by atoms with E-state index in [1.165, 1.54) is 0 Å². The summed E-state index contributed by atoms with van der Waals surface area (Å²) in [5.41, 5.74) is 3.92. The number of H-pyrrole nitrogens is 1. The number of aliphatic hydroxyl groups is 1. The van der Waals surface area contributed by atoms with E-state index in [0.29, 0.717) is 0 Å². The molecule has 3 rings (SSSR count). The highest BCUT2D eigenvalue weighted by Gasteiger charge is 2.26. The fourth-order valence-electron chi connectivity index (χ4n) is 2.55. The maximum atomic E-state index is 9.87. The SMILES string of the molecule is Cc1c[nH]c2c(O)cc3c(c12)C(CO)CN3. The summed E-state index contributed by atoms with van der Waals surface area (Å²) in [5, 5.41) is 23.5. The minimum absolute atomic E-state index is 0.118. The Morgan fingerprint density at radius 2 is 2.31 bits per heavy atom. The maximum Gasteiger partial charge on any atom is 0.141 e. The third-order valence-corrected chi connectivity index (χ3v) is 3.34. The van der Waals surface area contributed by atoms with Gasteiger partial charge in [0.1, 0.15) is 5.75 Å². The quantitative estimate of drug-likeness (QED) is 0.588. The highest BCUT2D eigenvalue weighted by Crippen LogP contribution is 2.42. The largest absolute Gasteiger partial charge is 0.506 e. The van der Waals surface area contributed by atoms with Gasteiger partial charge in [0, 0.05) is 35.8 Å². The Kier molecular flexibility index (Phi) is 1.88. The number of phenols is 1. The lowest BCUT2D eigenvalue weighted by molar-refractivity contribution is 0.273. The predicted molar refractivity (Wildman–Crippen MR) is 63.0 cm³/mol. The number of rotatable bonds is 1. The molecule has 4 N–H and O–H groups in total. The molecular formula is C12H14N2O2. The van der Waals surface area contributed by atoms with Crippen LogP contribution in [-0.4, -0.2) is 28.3 Å². The van der Waals surface area contributed by atoms with Crippen LogP contribution >= 0.6 is 0 Å². The molecule has 1 aliphatic rings. The number of phenolic OH excluding ortho intramolecular Hbond substituents is 1. The monoisotopic (exact) mass is 218 g/mol. The Labute approximate surface area is 92.9 Å². The zero-order valence-electron chi connectivity index (χ0n) is 9.04. The van der Waals surface area contributed by atoms with Crippen molar-refractivity contribution in [3.8, 4) is 5.75 Å². The summed E-state index contributed by atoms with van der Waals surface area (Å²) in [7, 11) is 0. The summed E-state index contributed by atoms with van der Waals surface area (Å²) in [4.78, 5) is 3.07. The second-order valence-corrected chi connectivity index (χ2v) is 4.34. The topological polar surface area (TPSA) is 68.3 Å². The smallest absolute Gasteiger partial charge is 0.141 e. The molecule has 84 valence electrons. The predicted octanol–water partition coefficient (Wildman–Crippen LogP) is 1.68. The van der Waals surface area contributed by atoms with Crippen molar-refractivity contribution < 1.29 is 10.2 Å². The van der Waals surface area contributed by atoms with Gasteiger partial charge in [0.25, 0.3) is 0 Å². The molecule has 0 saturated heterocycles. The average molecular weight is 218 g/mol. The van der Waals surface area contributed by atoms with Crippen LogP contribution in [0.25, 0.3) is 10.9 Å². The number of aromatic hydroxyl groups is 1. The van der Waals surface area contributed by atoms with Crippen molar-refractivity contribution in [1.29, 1.82) is 0 Å². The van der Waals surface area contributed by atoms with Gasteiger partial charge in [-0.3, -0.25) is 0 Å². The molecule has 0 fully saturated rings. The lowest BCUT2D eigenvalue weighted by Crippen LogP contribution is -2.06. The van der Waals surface area contributed by atoms with Gasteiger partial charge in [0.05, 0.1) is 12.1 Å². The number of anilines is 1. The van der Waals surface area contributed by atoms with Gasteiger partial charge in [-0.25, -0.2) is 0 Å². The Balaban J connectivity index is 2.40. The van der Waals surface area contributed by atoms with E-state index in [4.69, 9.17) is 0 Å².